The van der Waals surface area contributed by atoms with Crippen molar-refractivity contribution in [2.45, 2.75) is 6.61 Å². The first kappa shape index (κ1) is 14.7. The Morgan fingerprint density at radius 3 is 2.79 bits per heavy atom. The van der Waals surface area contributed by atoms with Gasteiger partial charge in [0.15, 0.2) is 0 Å². The standard InChI is InChI=1S/C19H14N2O2S/c22-19(21-20-11-13-6-2-1-3-7-13)17-10-14-12-23-16-9-5-4-8-15(16)18(14)24-17/h1-11H,12H2,(H,21,22)/b20-11+. The third-order valence-electron chi connectivity index (χ3n) is 3.73. The van der Waals surface area contributed by atoms with E-state index in [-0.39, 0.29) is 5.91 Å². The number of amides is 1. The fourth-order valence-electron chi connectivity index (χ4n) is 2.57. The molecule has 0 atom stereocenters. The molecule has 0 saturated carbocycles. The second kappa shape index (κ2) is 6.29. The minimum absolute atomic E-state index is 0.209. The summed E-state index contributed by atoms with van der Waals surface area (Å²) in [6, 6.07) is 19.4. The number of nitrogens with one attached hydrogen (secondary N) is 1. The summed E-state index contributed by atoms with van der Waals surface area (Å²) in [5.41, 5.74) is 5.59. The highest BCUT2D eigenvalue weighted by atomic mass is 32.1. The molecule has 0 radical (unpaired) electrons. The van der Waals surface area contributed by atoms with Crippen molar-refractivity contribution >= 4 is 23.5 Å². The lowest BCUT2D eigenvalue weighted by Gasteiger charge is -2.16. The topological polar surface area (TPSA) is 50.7 Å². The van der Waals surface area contributed by atoms with Crippen LogP contribution in [0.1, 0.15) is 20.8 Å². The number of ether oxygens (including phenoxy) is 1. The van der Waals surface area contributed by atoms with Crippen LogP contribution in [0.25, 0.3) is 10.4 Å². The molecule has 5 heteroatoms. The Morgan fingerprint density at radius 2 is 1.92 bits per heavy atom. The third-order valence-corrected chi connectivity index (χ3v) is 4.94. The number of rotatable bonds is 3. The molecule has 4 rings (SSSR count). The van der Waals surface area contributed by atoms with E-state index in [0.717, 1.165) is 27.3 Å². The smallest absolute Gasteiger partial charge is 0.281 e. The number of nitrogens with zero attached hydrogens (tertiary/aromatic N) is 1. The Kier molecular flexibility index (Phi) is 3.84. The summed E-state index contributed by atoms with van der Waals surface area (Å²) in [5, 5.41) is 4.02. The zero-order chi connectivity index (χ0) is 16.4. The van der Waals surface area contributed by atoms with E-state index in [1.165, 1.54) is 11.3 Å². The summed E-state index contributed by atoms with van der Waals surface area (Å²) >= 11 is 1.47. The molecule has 2 aromatic carbocycles. The third kappa shape index (κ3) is 2.81. The molecule has 1 N–H and O–H groups in total. The van der Waals surface area contributed by atoms with Crippen molar-refractivity contribution in [1.29, 1.82) is 0 Å². The van der Waals surface area contributed by atoms with E-state index >= 15 is 0 Å². The van der Waals surface area contributed by atoms with Gasteiger partial charge in [-0.3, -0.25) is 4.79 Å². The van der Waals surface area contributed by atoms with Gasteiger partial charge in [-0.2, -0.15) is 5.10 Å². The number of hydrogen-bond donors (Lipinski definition) is 1. The number of carbonyl (C=O) groups is 1. The number of fused-ring (bicyclic) bond motifs is 3. The van der Waals surface area contributed by atoms with E-state index < -0.39 is 0 Å². The van der Waals surface area contributed by atoms with E-state index in [0.29, 0.717) is 11.5 Å². The quantitative estimate of drug-likeness (QED) is 0.580. The average molecular weight is 334 g/mol. The maximum absolute atomic E-state index is 12.3. The van der Waals surface area contributed by atoms with Gasteiger partial charge in [-0.05, 0) is 23.8 Å². The summed E-state index contributed by atoms with van der Waals surface area (Å²) in [5.74, 6) is 0.653. The predicted octanol–water partition coefficient (Wildman–Crippen LogP) is 4.07. The van der Waals surface area contributed by atoms with Crippen molar-refractivity contribution in [3.8, 4) is 16.2 Å². The molecule has 24 heavy (non-hydrogen) atoms. The van der Waals surface area contributed by atoms with Crippen LogP contribution < -0.4 is 10.2 Å². The fourth-order valence-corrected chi connectivity index (χ4v) is 3.66. The van der Waals surface area contributed by atoms with Gasteiger partial charge >= 0.3 is 0 Å². The summed E-state index contributed by atoms with van der Waals surface area (Å²) in [4.78, 5) is 14.0. The number of hydrogen-bond acceptors (Lipinski definition) is 4. The first-order valence-corrected chi connectivity index (χ1v) is 8.36. The van der Waals surface area contributed by atoms with Crippen LogP contribution in [0.2, 0.25) is 0 Å². The lowest BCUT2D eigenvalue weighted by atomic mass is 10.1. The van der Waals surface area contributed by atoms with E-state index in [1.807, 2.05) is 60.7 Å². The summed E-state index contributed by atoms with van der Waals surface area (Å²) in [6.07, 6.45) is 1.63. The number of carbonyl (C=O) groups excluding carboxylic acids is 1. The molecule has 1 amide bonds. The van der Waals surface area contributed by atoms with E-state index in [2.05, 4.69) is 10.5 Å². The van der Waals surface area contributed by atoms with Crippen LogP contribution >= 0.6 is 11.3 Å². The van der Waals surface area contributed by atoms with Gasteiger partial charge < -0.3 is 4.74 Å². The van der Waals surface area contributed by atoms with Gasteiger partial charge in [0, 0.05) is 16.0 Å². The van der Waals surface area contributed by atoms with Crippen LogP contribution in [-0.4, -0.2) is 12.1 Å². The average Bonchev–Trinajstić information content (AvgIpc) is 3.07. The minimum atomic E-state index is -0.209. The number of thiophene rings is 1. The van der Waals surface area contributed by atoms with Crippen LogP contribution in [0, 0.1) is 0 Å². The number of benzene rings is 2. The van der Waals surface area contributed by atoms with Gasteiger partial charge in [-0.25, -0.2) is 5.43 Å². The van der Waals surface area contributed by atoms with Gasteiger partial charge in [0.25, 0.3) is 5.91 Å². The zero-order valence-corrected chi connectivity index (χ0v) is 13.5. The van der Waals surface area contributed by atoms with Crippen molar-refractivity contribution in [1.82, 2.24) is 5.43 Å². The monoisotopic (exact) mass is 334 g/mol. The van der Waals surface area contributed by atoms with Gasteiger partial charge in [-0.15, -0.1) is 11.3 Å². The zero-order valence-electron chi connectivity index (χ0n) is 12.7. The maximum atomic E-state index is 12.3. The normalized spacial score (nSPS) is 12.3. The van der Waals surface area contributed by atoms with Gasteiger partial charge in [0.2, 0.25) is 0 Å². The summed E-state index contributed by atoms with van der Waals surface area (Å²) < 4.78 is 5.73. The largest absolute Gasteiger partial charge is 0.488 e. The highest BCUT2D eigenvalue weighted by Gasteiger charge is 2.22. The molecule has 0 unspecified atom stereocenters. The van der Waals surface area contributed by atoms with Crippen molar-refractivity contribution < 1.29 is 9.53 Å². The first-order valence-electron chi connectivity index (χ1n) is 7.54. The summed E-state index contributed by atoms with van der Waals surface area (Å²) in [7, 11) is 0. The highest BCUT2D eigenvalue weighted by Crippen LogP contribution is 2.42. The first-order chi connectivity index (χ1) is 11.8. The van der Waals surface area contributed by atoms with Gasteiger partial charge in [-0.1, -0.05) is 42.5 Å². The van der Waals surface area contributed by atoms with Crippen LogP contribution in [0.4, 0.5) is 0 Å². The molecule has 0 bridgehead atoms. The molecule has 2 heterocycles. The molecule has 1 aliphatic rings. The number of para-hydroxylation sites is 1. The lowest BCUT2D eigenvalue weighted by Crippen LogP contribution is -2.16. The molecular weight excluding hydrogens is 320 g/mol. The molecule has 0 saturated heterocycles. The Labute approximate surface area is 143 Å². The highest BCUT2D eigenvalue weighted by molar-refractivity contribution is 7.17. The predicted molar refractivity (Wildman–Crippen MR) is 95.6 cm³/mol. The molecule has 1 aliphatic heterocycles. The van der Waals surface area contributed by atoms with Crippen molar-refractivity contribution in [2.75, 3.05) is 0 Å². The van der Waals surface area contributed by atoms with E-state index in [9.17, 15) is 4.79 Å². The van der Waals surface area contributed by atoms with Crippen LogP contribution in [0.3, 0.4) is 0 Å². The molecule has 1 aromatic heterocycles. The SMILES string of the molecule is O=C(N/N=C/c1ccccc1)c1cc2c(s1)-c1ccccc1OC2. The van der Waals surface area contributed by atoms with Gasteiger partial charge in [0.1, 0.15) is 12.4 Å². The van der Waals surface area contributed by atoms with Crippen LogP contribution in [0.15, 0.2) is 65.8 Å². The second-order valence-electron chi connectivity index (χ2n) is 5.36. The molecule has 3 aromatic rings. The van der Waals surface area contributed by atoms with Crippen molar-refractivity contribution in [3.05, 3.63) is 76.7 Å². The van der Waals surface area contributed by atoms with Crippen molar-refractivity contribution in [3.63, 3.8) is 0 Å². The van der Waals surface area contributed by atoms with E-state index in [1.54, 1.807) is 6.21 Å². The number of hydrazone groups is 1. The maximum Gasteiger partial charge on any atom is 0.281 e. The summed E-state index contributed by atoms with van der Waals surface area (Å²) in [6.45, 7) is 0.489. The van der Waals surface area contributed by atoms with E-state index in [4.69, 9.17) is 4.74 Å². The van der Waals surface area contributed by atoms with Crippen molar-refractivity contribution in [2.24, 2.45) is 5.10 Å². The minimum Gasteiger partial charge on any atom is -0.488 e. The van der Waals surface area contributed by atoms with Crippen LogP contribution in [-0.2, 0) is 6.61 Å². The molecule has 0 fully saturated rings. The fraction of sp³-hybridized carbons (Fsp3) is 0.0526. The Hall–Kier alpha value is -2.92. The Bertz CT molecular complexity index is 916. The van der Waals surface area contributed by atoms with Crippen LogP contribution in [0.5, 0.6) is 5.75 Å². The lowest BCUT2D eigenvalue weighted by molar-refractivity contribution is 0.0959. The molecule has 4 nitrogen and oxygen atoms in total. The molecule has 118 valence electrons. The second-order valence-corrected chi connectivity index (χ2v) is 6.41. The van der Waals surface area contributed by atoms with Gasteiger partial charge in [0.05, 0.1) is 11.1 Å². The molecule has 0 spiro atoms. The molecule has 0 aliphatic carbocycles. The molecular formula is C19H14N2O2S. The Morgan fingerprint density at radius 1 is 1.12 bits per heavy atom. The Balaban J connectivity index is 1.53.